The van der Waals surface area contributed by atoms with Crippen LogP contribution in [0.25, 0.3) is 0 Å². The van der Waals surface area contributed by atoms with Gasteiger partial charge in [0.2, 0.25) is 5.91 Å². The van der Waals surface area contributed by atoms with Gasteiger partial charge in [0.05, 0.1) is 31.8 Å². The molecule has 1 amide bonds. The fraction of sp³-hybridized carbons (Fsp3) is 0.875. The molecule has 0 aliphatic heterocycles. The highest BCUT2D eigenvalue weighted by molar-refractivity contribution is 9.10. The first kappa shape index (κ1) is 35.9. The van der Waals surface area contributed by atoms with Gasteiger partial charge in [-0.15, -0.1) is 0 Å². The van der Waals surface area contributed by atoms with Crippen LogP contribution in [0.15, 0.2) is 0 Å². The summed E-state index contributed by atoms with van der Waals surface area (Å²) in [4.78, 5) is 36.8. The second-order valence-electron chi connectivity index (χ2n) is 11.1. The number of rotatable bonds is 13. The SMILES string of the molecule is CC(CC(C)(C)C(=O)OCC(C)(CO)CO)C(=O)N(C)C.CC(CO)(CO)COC(=O)C(C)(C)Br. The van der Waals surface area contributed by atoms with Gasteiger partial charge in [0.1, 0.15) is 17.5 Å². The number of aliphatic hydroxyl groups is 4. The summed E-state index contributed by atoms with van der Waals surface area (Å²) in [6.07, 6.45) is 0.373. The molecule has 4 N–H and O–H groups in total. The highest BCUT2D eigenvalue weighted by atomic mass is 79.9. The van der Waals surface area contributed by atoms with Gasteiger partial charge in [0.25, 0.3) is 0 Å². The minimum absolute atomic E-state index is 0.00780. The van der Waals surface area contributed by atoms with E-state index in [1.165, 1.54) is 4.90 Å². The first-order valence-electron chi connectivity index (χ1n) is 11.4. The lowest BCUT2D eigenvalue weighted by molar-refractivity contribution is -0.160. The molecule has 0 rings (SSSR count). The molecule has 0 aliphatic carbocycles. The number of esters is 2. The maximum Gasteiger partial charge on any atom is 0.322 e. The van der Waals surface area contributed by atoms with Crippen molar-refractivity contribution in [3.63, 3.8) is 0 Å². The lowest BCUT2D eigenvalue weighted by Crippen LogP contribution is -2.38. The van der Waals surface area contributed by atoms with Crippen molar-refractivity contribution in [1.29, 1.82) is 0 Å². The van der Waals surface area contributed by atoms with E-state index in [1.807, 2.05) is 0 Å². The van der Waals surface area contributed by atoms with Crippen LogP contribution in [0.2, 0.25) is 0 Å². The quantitative estimate of drug-likeness (QED) is 0.189. The Labute approximate surface area is 218 Å². The summed E-state index contributed by atoms with van der Waals surface area (Å²) >= 11 is 3.16. The van der Waals surface area contributed by atoms with Gasteiger partial charge in [-0.2, -0.15) is 0 Å². The van der Waals surface area contributed by atoms with Crippen molar-refractivity contribution in [2.24, 2.45) is 22.2 Å². The molecule has 0 spiro atoms. The number of halogens is 1. The zero-order valence-electron chi connectivity index (χ0n) is 22.7. The standard InChI is InChI=1S/C15H29NO5.C9H17BrO4/c1-11(12(19)16(5)6)7-14(2,3)13(20)21-10-15(4,8-17)9-18;1-8(2,10)7(13)14-6-9(3,4-11)5-12/h11,17-18H,7-10H2,1-6H3;11-12H,4-6H2,1-3H3. The number of aliphatic hydroxyl groups excluding tert-OH is 4. The fourth-order valence-corrected chi connectivity index (χ4v) is 2.62. The lowest BCUT2D eigenvalue weighted by atomic mass is 9.83. The van der Waals surface area contributed by atoms with Gasteiger partial charge in [0, 0.05) is 30.8 Å². The van der Waals surface area contributed by atoms with Gasteiger partial charge in [-0.25, -0.2) is 0 Å². The van der Waals surface area contributed by atoms with Crippen molar-refractivity contribution in [1.82, 2.24) is 4.90 Å². The summed E-state index contributed by atoms with van der Waals surface area (Å²) < 4.78 is 9.42. The molecule has 0 heterocycles. The number of hydrogen-bond acceptors (Lipinski definition) is 9. The molecule has 35 heavy (non-hydrogen) atoms. The van der Waals surface area contributed by atoms with Gasteiger partial charge in [-0.1, -0.05) is 36.7 Å². The Morgan fingerprint density at radius 3 is 1.40 bits per heavy atom. The number of amides is 1. The van der Waals surface area contributed by atoms with Crippen LogP contribution in [0, 0.1) is 22.2 Å². The molecule has 0 radical (unpaired) electrons. The Morgan fingerprint density at radius 1 is 0.771 bits per heavy atom. The number of ether oxygens (including phenoxy) is 2. The maximum absolute atomic E-state index is 12.2. The van der Waals surface area contributed by atoms with Crippen LogP contribution in [0.3, 0.4) is 0 Å². The Bertz CT molecular complexity index is 666. The minimum atomic E-state index is -0.850. The Kier molecular flexibility index (Phi) is 15.5. The number of alkyl halides is 1. The summed E-state index contributed by atoms with van der Waals surface area (Å²) in [5, 5.41) is 36.2. The summed E-state index contributed by atoms with van der Waals surface area (Å²) in [6.45, 7) is 10.8. The number of carbonyl (C=O) groups is 3. The lowest BCUT2D eigenvalue weighted by Gasteiger charge is -2.30. The van der Waals surface area contributed by atoms with Crippen molar-refractivity contribution in [3.8, 4) is 0 Å². The topological polar surface area (TPSA) is 154 Å². The zero-order chi connectivity index (χ0) is 28.3. The number of carbonyl (C=O) groups excluding carboxylic acids is 3. The molecule has 0 fully saturated rings. The predicted octanol–water partition coefficient (Wildman–Crippen LogP) is 1.36. The van der Waals surface area contributed by atoms with E-state index in [9.17, 15) is 24.6 Å². The van der Waals surface area contributed by atoms with Crippen molar-refractivity contribution < 1.29 is 44.3 Å². The predicted molar refractivity (Wildman–Crippen MR) is 136 cm³/mol. The Morgan fingerprint density at radius 2 is 1.11 bits per heavy atom. The molecule has 1 atom stereocenters. The summed E-state index contributed by atoms with van der Waals surface area (Å²) in [5.41, 5.74) is -2.43. The van der Waals surface area contributed by atoms with Crippen molar-refractivity contribution in [2.75, 3.05) is 53.7 Å². The van der Waals surface area contributed by atoms with Gasteiger partial charge in [0.15, 0.2) is 0 Å². The van der Waals surface area contributed by atoms with E-state index in [0.29, 0.717) is 6.42 Å². The van der Waals surface area contributed by atoms with Crippen molar-refractivity contribution in [2.45, 2.75) is 59.2 Å². The van der Waals surface area contributed by atoms with Gasteiger partial charge in [-0.3, -0.25) is 14.4 Å². The summed E-state index contributed by atoms with van der Waals surface area (Å²) in [6, 6.07) is 0. The first-order chi connectivity index (χ1) is 15.7. The first-order valence-corrected chi connectivity index (χ1v) is 12.2. The van der Waals surface area contributed by atoms with Gasteiger partial charge in [-0.05, 0) is 34.1 Å². The zero-order valence-corrected chi connectivity index (χ0v) is 24.3. The normalized spacial score (nSPS) is 13.3. The van der Waals surface area contributed by atoms with E-state index < -0.39 is 32.5 Å². The molecular formula is C24H46BrNO9. The van der Waals surface area contributed by atoms with E-state index in [4.69, 9.17) is 19.7 Å². The third-order valence-electron chi connectivity index (χ3n) is 5.35. The summed E-state index contributed by atoms with van der Waals surface area (Å²) in [5.74, 6) is -1.17. The molecule has 208 valence electrons. The number of hydrogen-bond donors (Lipinski definition) is 4. The average Bonchev–Trinajstić information content (AvgIpc) is 2.79. The van der Waals surface area contributed by atoms with Gasteiger partial charge < -0.3 is 34.8 Å². The molecule has 0 saturated heterocycles. The van der Waals surface area contributed by atoms with E-state index in [0.717, 1.165) is 0 Å². The molecule has 0 aliphatic rings. The third-order valence-corrected chi connectivity index (χ3v) is 5.67. The molecule has 10 nitrogen and oxygen atoms in total. The third kappa shape index (κ3) is 13.6. The second kappa shape index (κ2) is 15.1. The van der Waals surface area contributed by atoms with E-state index >= 15 is 0 Å². The summed E-state index contributed by atoms with van der Waals surface area (Å²) in [7, 11) is 3.36. The van der Waals surface area contributed by atoms with Crippen molar-refractivity contribution >= 4 is 33.8 Å². The molecule has 0 aromatic rings. The molecule has 0 aromatic carbocycles. The molecule has 1 unspecified atom stereocenters. The van der Waals surface area contributed by atoms with Crippen molar-refractivity contribution in [3.05, 3.63) is 0 Å². The van der Waals surface area contributed by atoms with Crippen LogP contribution in [0.4, 0.5) is 0 Å². The average molecular weight is 573 g/mol. The Hall–Kier alpha value is -1.27. The maximum atomic E-state index is 12.2. The smallest absolute Gasteiger partial charge is 0.322 e. The molecule has 0 bridgehead atoms. The second-order valence-corrected chi connectivity index (χ2v) is 13.1. The van der Waals surface area contributed by atoms with Crippen LogP contribution < -0.4 is 0 Å². The molecular weight excluding hydrogens is 526 g/mol. The molecule has 11 heteroatoms. The highest BCUT2D eigenvalue weighted by Crippen LogP contribution is 2.29. The van der Waals surface area contributed by atoms with E-state index in [-0.39, 0.29) is 51.5 Å². The largest absolute Gasteiger partial charge is 0.465 e. The van der Waals surface area contributed by atoms with Crippen LogP contribution in [-0.2, 0) is 23.9 Å². The van der Waals surface area contributed by atoms with E-state index in [2.05, 4.69) is 15.9 Å². The van der Waals surface area contributed by atoms with Crippen LogP contribution >= 0.6 is 15.9 Å². The minimum Gasteiger partial charge on any atom is -0.465 e. The molecule has 0 aromatic heterocycles. The van der Waals surface area contributed by atoms with E-state index in [1.54, 1.807) is 62.6 Å². The van der Waals surface area contributed by atoms with Crippen LogP contribution in [0.5, 0.6) is 0 Å². The van der Waals surface area contributed by atoms with Crippen LogP contribution in [-0.4, -0.2) is 101 Å². The monoisotopic (exact) mass is 571 g/mol. The van der Waals surface area contributed by atoms with Gasteiger partial charge >= 0.3 is 11.9 Å². The highest BCUT2D eigenvalue weighted by Gasteiger charge is 2.35. The number of nitrogens with zero attached hydrogens (tertiary/aromatic N) is 1. The fourth-order valence-electron chi connectivity index (χ4n) is 2.51. The Balaban J connectivity index is 0. The van der Waals surface area contributed by atoms with Crippen LogP contribution in [0.1, 0.15) is 54.9 Å². The molecule has 0 saturated carbocycles.